The van der Waals surface area contributed by atoms with E-state index < -0.39 is 0 Å². The quantitative estimate of drug-likeness (QED) is 0.511. The zero-order valence-corrected chi connectivity index (χ0v) is 15.9. The van der Waals surface area contributed by atoms with Crippen LogP contribution in [0.2, 0.25) is 0 Å². The van der Waals surface area contributed by atoms with Crippen LogP contribution in [0.15, 0.2) is 47.3 Å². The second-order valence-corrected chi connectivity index (χ2v) is 7.37. The van der Waals surface area contributed by atoms with Crippen molar-refractivity contribution in [3.63, 3.8) is 0 Å². The lowest BCUT2D eigenvalue weighted by Crippen LogP contribution is -2.33. The first kappa shape index (κ1) is 17.9. The minimum Gasteiger partial charge on any atom is -0.304 e. The molecule has 3 rings (SSSR count). The summed E-state index contributed by atoms with van der Waals surface area (Å²) in [6.45, 7) is 3.89. The number of aryl methyl sites for hydroxylation is 2. The van der Waals surface area contributed by atoms with Gasteiger partial charge in [-0.2, -0.15) is 5.26 Å². The molecule has 0 aliphatic rings. The second-order valence-electron chi connectivity index (χ2n) is 5.59. The SMILES string of the molecule is Cc1ccc(-c2ccsc2C(=O)NN/C=C(\C#N)c2nc(C)cs2)cc1. The number of carbonyl (C=O) groups is 1. The smallest absolute Gasteiger partial charge is 0.280 e. The van der Waals surface area contributed by atoms with E-state index in [1.54, 1.807) is 0 Å². The van der Waals surface area contributed by atoms with Crippen molar-refractivity contribution in [2.75, 3.05) is 0 Å². The van der Waals surface area contributed by atoms with Crippen molar-refractivity contribution in [2.45, 2.75) is 13.8 Å². The lowest BCUT2D eigenvalue weighted by Gasteiger charge is -2.06. The average Bonchev–Trinajstić information content (AvgIpc) is 3.28. The van der Waals surface area contributed by atoms with Gasteiger partial charge in [0.15, 0.2) is 0 Å². The average molecular weight is 380 g/mol. The number of thiophene rings is 1. The summed E-state index contributed by atoms with van der Waals surface area (Å²) >= 11 is 2.76. The molecule has 0 atom stereocenters. The maximum absolute atomic E-state index is 12.5. The highest BCUT2D eigenvalue weighted by molar-refractivity contribution is 7.12. The summed E-state index contributed by atoms with van der Waals surface area (Å²) in [7, 11) is 0. The number of nitrogens with one attached hydrogen (secondary N) is 2. The van der Waals surface area contributed by atoms with Crippen molar-refractivity contribution in [2.24, 2.45) is 0 Å². The van der Waals surface area contributed by atoms with Gasteiger partial charge in [0.1, 0.15) is 21.5 Å². The van der Waals surface area contributed by atoms with E-state index >= 15 is 0 Å². The topological polar surface area (TPSA) is 77.8 Å². The number of hydrazine groups is 1. The van der Waals surface area contributed by atoms with Gasteiger partial charge in [0.25, 0.3) is 5.91 Å². The highest BCUT2D eigenvalue weighted by Gasteiger charge is 2.14. The molecule has 7 heteroatoms. The molecule has 0 saturated heterocycles. The molecule has 0 aliphatic carbocycles. The van der Waals surface area contributed by atoms with Crippen LogP contribution in [0.4, 0.5) is 0 Å². The Labute approximate surface area is 159 Å². The molecule has 0 saturated carbocycles. The van der Waals surface area contributed by atoms with Crippen molar-refractivity contribution in [3.8, 4) is 17.2 Å². The summed E-state index contributed by atoms with van der Waals surface area (Å²) in [4.78, 5) is 17.4. The van der Waals surface area contributed by atoms with E-state index in [-0.39, 0.29) is 5.91 Å². The Morgan fingerprint density at radius 3 is 2.62 bits per heavy atom. The van der Waals surface area contributed by atoms with E-state index in [0.29, 0.717) is 15.5 Å². The standard InChI is InChI=1S/C19H16N4OS2/c1-12-3-5-14(6-4-12)16-7-8-25-17(16)18(24)23-21-10-15(9-20)19-22-13(2)11-26-19/h3-8,10-11,21H,1-2H3,(H,23,24)/b15-10+. The fourth-order valence-electron chi connectivity index (χ4n) is 2.30. The van der Waals surface area contributed by atoms with Crippen molar-refractivity contribution < 1.29 is 4.79 Å². The first-order chi connectivity index (χ1) is 12.6. The molecule has 130 valence electrons. The number of nitrogens with zero attached hydrogens (tertiary/aromatic N) is 2. The van der Waals surface area contributed by atoms with Gasteiger partial charge < -0.3 is 5.43 Å². The summed E-state index contributed by atoms with van der Waals surface area (Å²) in [5.41, 5.74) is 9.60. The number of benzene rings is 1. The van der Waals surface area contributed by atoms with Gasteiger partial charge in [0.2, 0.25) is 0 Å². The lowest BCUT2D eigenvalue weighted by molar-refractivity contribution is 0.0946. The Morgan fingerprint density at radius 1 is 1.19 bits per heavy atom. The predicted molar refractivity (Wildman–Crippen MR) is 106 cm³/mol. The zero-order valence-electron chi connectivity index (χ0n) is 14.2. The summed E-state index contributed by atoms with van der Waals surface area (Å²) in [6.07, 6.45) is 1.45. The summed E-state index contributed by atoms with van der Waals surface area (Å²) in [6, 6.07) is 12.0. The van der Waals surface area contributed by atoms with Gasteiger partial charge in [-0.15, -0.1) is 22.7 Å². The zero-order chi connectivity index (χ0) is 18.5. The van der Waals surface area contributed by atoms with Crippen LogP contribution in [0, 0.1) is 25.2 Å². The van der Waals surface area contributed by atoms with Crippen LogP contribution < -0.4 is 10.9 Å². The third kappa shape index (κ3) is 3.99. The summed E-state index contributed by atoms with van der Waals surface area (Å²) in [5, 5.41) is 13.6. The van der Waals surface area contributed by atoms with Crippen LogP contribution >= 0.6 is 22.7 Å². The minimum absolute atomic E-state index is 0.251. The molecule has 3 aromatic rings. The van der Waals surface area contributed by atoms with E-state index in [4.69, 9.17) is 0 Å². The van der Waals surface area contributed by atoms with E-state index in [0.717, 1.165) is 16.8 Å². The Balaban J connectivity index is 1.71. The number of hydrogen-bond acceptors (Lipinski definition) is 6. The number of nitriles is 1. The molecule has 0 bridgehead atoms. The normalized spacial score (nSPS) is 11.0. The van der Waals surface area contributed by atoms with Gasteiger partial charge in [-0.05, 0) is 30.9 Å². The summed E-state index contributed by atoms with van der Waals surface area (Å²) in [5.74, 6) is -0.251. The largest absolute Gasteiger partial charge is 0.304 e. The fraction of sp³-hybridized carbons (Fsp3) is 0.105. The fourth-order valence-corrected chi connectivity index (χ4v) is 3.87. The van der Waals surface area contributed by atoms with Crippen LogP contribution in [0.5, 0.6) is 0 Å². The number of thiazole rings is 1. The van der Waals surface area contributed by atoms with Crippen LogP contribution in [-0.2, 0) is 0 Å². The molecule has 1 aromatic carbocycles. The van der Waals surface area contributed by atoms with Crippen molar-refractivity contribution in [1.82, 2.24) is 15.8 Å². The van der Waals surface area contributed by atoms with Crippen LogP contribution in [0.1, 0.15) is 25.9 Å². The van der Waals surface area contributed by atoms with Gasteiger partial charge in [0.05, 0.1) is 0 Å². The maximum atomic E-state index is 12.5. The van der Waals surface area contributed by atoms with Crippen LogP contribution in [0.3, 0.4) is 0 Å². The lowest BCUT2D eigenvalue weighted by atomic mass is 10.1. The highest BCUT2D eigenvalue weighted by Crippen LogP contribution is 2.28. The van der Waals surface area contributed by atoms with Crippen LogP contribution in [0.25, 0.3) is 16.7 Å². The second kappa shape index (κ2) is 7.95. The number of aromatic nitrogens is 1. The Bertz CT molecular complexity index is 993. The maximum Gasteiger partial charge on any atom is 0.280 e. The molecule has 0 aliphatic heterocycles. The molecule has 2 aromatic heterocycles. The summed E-state index contributed by atoms with van der Waals surface area (Å²) < 4.78 is 0. The van der Waals surface area contributed by atoms with Crippen LogP contribution in [-0.4, -0.2) is 10.9 Å². The molecular formula is C19H16N4OS2. The molecule has 0 radical (unpaired) electrons. The first-order valence-electron chi connectivity index (χ1n) is 7.81. The molecule has 0 fully saturated rings. The van der Waals surface area contributed by atoms with Gasteiger partial charge in [-0.25, -0.2) is 4.98 Å². The van der Waals surface area contributed by atoms with Crippen molar-refractivity contribution in [1.29, 1.82) is 5.26 Å². The number of allylic oxidation sites excluding steroid dienone is 1. The van der Waals surface area contributed by atoms with Crippen molar-refractivity contribution >= 4 is 34.2 Å². The van der Waals surface area contributed by atoms with Gasteiger partial charge in [-0.1, -0.05) is 29.8 Å². The van der Waals surface area contributed by atoms with Gasteiger partial charge in [-0.3, -0.25) is 10.2 Å². The molecular weight excluding hydrogens is 364 g/mol. The third-order valence-corrected chi connectivity index (χ3v) is 5.51. The minimum atomic E-state index is -0.251. The Morgan fingerprint density at radius 2 is 1.96 bits per heavy atom. The Hall–Kier alpha value is -2.95. The predicted octanol–water partition coefficient (Wildman–Crippen LogP) is 4.29. The molecule has 2 heterocycles. The van der Waals surface area contributed by atoms with E-state index in [1.165, 1.54) is 34.4 Å². The first-order valence-corrected chi connectivity index (χ1v) is 9.57. The Kier molecular flexibility index (Phi) is 5.46. The third-order valence-electron chi connectivity index (χ3n) is 3.61. The molecule has 0 unspecified atom stereocenters. The number of carbonyl (C=O) groups excluding carboxylic acids is 1. The van der Waals surface area contributed by atoms with Gasteiger partial charge in [0, 0.05) is 22.8 Å². The molecule has 0 spiro atoms. The van der Waals surface area contributed by atoms with Crippen molar-refractivity contribution in [3.05, 3.63) is 68.4 Å². The highest BCUT2D eigenvalue weighted by atomic mass is 32.1. The number of rotatable bonds is 5. The van der Waals surface area contributed by atoms with E-state index in [9.17, 15) is 10.1 Å². The molecule has 5 nitrogen and oxygen atoms in total. The monoisotopic (exact) mass is 380 g/mol. The van der Waals surface area contributed by atoms with Gasteiger partial charge >= 0.3 is 0 Å². The number of amides is 1. The number of hydrogen-bond donors (Lipinski definition) is 2. The van der Waals surface area contributed by atoms with E-state index in [1.807, 2.05) is 54.9 Å². The molecule has 1 amide bonds. The molecule has 2 N–H and O–H groups in total. The molecule has 26 heavy (non-hydrogen) atoms. The van der Waals surface area contributed by atoms with E-state index in [2.05, 4.69) is 21.9 Å².